The van der Waals surface area contributed by atoms with Crippen LogP contribution in [0.15, 0.2) is 24.3 Å². The third kappa shape index (κ3) is 3.22. The Hall–Kier alpha value is -1.02. The average Bonchev–Trinajstić information content (AvgIpc) is 2.35. The number of benzene rings is 1. The summed E-state index contributed by atoms with van der Waals surface area (Å²) in [7, 11) is 0. The maximum absolute atomic E-state index is 6.48. The van der Waals surface area contributed by atoms with Crippen LogP contribution in [0.4, 0.5) is 0 Å². The van der Waals surface area contributed by atoms with Crippen molar-refractivity contribution < 1.29 is 4.74 Å². The molecule has 0 aromatic heterocycles. The van der Waals surface area contributed by atoms with Crippen LogP contribution in [0.1, 0.15) is 46.1 Å². The molecule has 0 radical (unpaired) electrons. The number of hydrogen-bond acceptors (Lipinski definition) is 2. The van der Waals surface area contributed by atoms with Crippen molar-refractivity contribution in [1.82, 2.24) is 0 Å². The summed E-state index contributed by atoms with van der Waals surface area (Å²) in [4.78, 5) is 0. The fraction of sp³-hybridized carbons (Fsp3) is 0.600. The summed E-state index contributed by atoms with van der Waals surface area (Å²) in [6.07, 6.45) is 2.08. The molecule has 1 rings (SSSR count). The van der Waals surface area contributed by atoms with Gasteiger partial charge in [-0.25, -0.2) is 0 Å². The molecule has 0 aliphatic heterocycles. The molecule has 1 aromatic carbocycles. The van der Waals surface area contributed by atoms with Crippen LogP contribution in [0.3, 0.4) is 0 Å². The second-order valence-corrected chi connectivity index (χ2v) is 4.94. The van der Waals surface area contributed by atoms with Gasteiger partial charge in [0.2, 0.25) is 0 Å². The Balaban J connectivity index is 3.03. The first-order chi connectivity index (χ1) is 8.04. The largest absolute Gasteiger partial charge is 0.493 e. The van der Waals surface area contributed by atoms with E-state index in [1.54, 1.807) is 0 Å². The van der Waals surface area contributed by atoms with E-state index in [-0.39, 0.29) is 5.54 Å². The number of hydrogen-bond donors (Lipinski definition) is 1. The minimum absolute atomic E-state index is 0.334. The predicted molar refractivity (Wildman–Crippen MR) is 73.2 cm³/mol. The van der Waals surface area contributed by atoms with E-state index < -0.39 is 0 Å². The Bertz CT molecular complexity index is 347. The lowest BCUT2D eigenvalue weighted by molar-refractivity contribution is 0.276. The molecule has 0 heterocycles. The minimum Gasteiger partial charge on any atom is -0.493 e. The Kier molecular flexibility index (Phi) is 5.01. The SMILES string of the molecule is CCCOc1ccccc1C(C)(N)C(C)CC. The summed E-state index contributed by atoms with van der Waals surface area (Å²) >= 11 is 0. The van der Waals surface area contributed by atoms with E-state index in [1.807, 2.05) is 18.2 Å². The fourth-order valence-corrected chi connectivity index (χ4v) is 1.94. The van der Waals surface area contributed by atoms with E-state index in [1.165, 1.54) is 0 Å². The van der Waals surface area contributed by atoms with Gasteiger partial charge in [-0.15, -0.1) is 0 Å². The smallest absolute Gasteiger partial charge is 0.124 e. The number of nitrogens with two attached hydrogens (primary N) is 1. The lowest BCUT2D eigenvalue weighted by Gasteiger charge is -2.33. The van der Waals surface area contributed by atoms with Gasteiger partial charge in [-0.1, -0.05) is 45.4 Å². The van der Waals surface area contributed by atoms with E-state index in [9.17, 15) is 0 Å². The van der Waals surface area contributed by atoms with Crippen molar-refractivity contribution in [2.24, 2.45) is 11.7 Å². The molecule has 96 valence electrons. The highest BCUT2D eigenvalue weighted by Gasteiger charge is 2.30. The summed E-state index contributed by atoms with van der Waals surface area (Å²) in [6, 6.07) is 8.12. The Morgan fingerprint density at radius 1 is 1.29 bits per heavy atom. The van der Waals surface area contributed by atoms with Crippen LogP contribution in [-0.4, -0.2) is 6.61 Å². The first-order valence-corrected chi connectivity index (χ1v) is 6.55. The van der Waals surface area contributed by atoms with E-state index >= 15 is 0 Å². The first-order valence-electron chi connectivity index (χ1n) is 6.55. The molecular formula is C15H25NO. The van der Waals surface area contributed by atoms with Crippen molar-refractivity contribution >= 4 is 0 Å². The molecule has 1 aromatic rings. The molecule has 2 unspecified atom stereocenters. The lowest BCUT2D eigenvalue weighted by Crippen LogP contribution is -2.40. The highest BCUT2D eigenvalue weighted by Crippen LogP contribution is 2.34. The zero-order valence-corrected chi connectivity index (χ0v) is 11.5. The monoisotopic (exact) mass is 235 g/mol. The topological polar surface area (TPSA) is 35.2 Å². The van der Waals surface area contributed by atoms with E-state index in [2.05, 4.69) is 33.8 Å². The Morgan fingerprint density at radius 3 is 2.53 bits per heavy atom. The van der Waals surface area contributed by atoms with Gasteiger partial charge >= 0.3 is 0 Å². The first kappa shape index (κ1) is 14.0. The van der Waals surface area contributed by atoms with Crippen LogP contribution >= 0.6 is 0 Å². The maximum Gasteiger partial charge on any atom is 0.124 e. The van der Waals surface area contributed by atoms with Crippen LogP contribution in [0, 0.1) is 5.92 Å². The quantitative estimate of drug-likeness (QED) is 0.816. The summed E-state index contributed by atoms with van der Waals surface area (Å²) in [5.74, 6) is 1.36. The van der Waals surface area contributed by atoms with Gasteiger partial charge in [0.15, 0.2) is 0 Å². The molecule has 0 fully saturated rings. The van der Waals surface area contributed by atoms with Crippen LogP contribution < -0.4 is 10.5 Å². The minimum atomic E-state index is -0.334. The molecule has 17 heavy (non-hydrogen) atoms. The summed E-state index contributed by atoms with van der Waals surface area (Å²) in [5, 5.41) is 0. The van der Waals surface area contributed by atoms with Gasteiger partial charge in [-0.2, -0.15) is 0 Å². The molecule has 0 aliphatic carbocycles. The van der Waals surface area contributed by atoms with Crippen molar-refractivity contribution in [3.8, 4) is 5.75 Å². The molecule has 0 saturated carbocycles. The van der Waals surface area contributed by atoms with Gasteiger partial charge in [-0.3, -0.25) is 0 Å². The van der Waals surface area contributed by atoms with Crippen molar-refractivity contribution in [1.29, 1.82) is 0 Å². The third-order valence-electron chi connectivity index (χ3n) is 3.57. The fourth-order valence-electron chi connectivity index (χ4n) is 1.94. The van der Waals surface area contributed by atoms with Crippen LogP contribution in [0.25, 0.3) is 0 Å². The zero-order valence-electron chi connectivity index (χ0n) is 11.5. The summed E-state index contributed by atoms with van der Waals surface area (Å²) in [5.41, 5.74) is 7.26. The molecule has 2 N–H and O–H groups in total. The molecule has 2 atom stereocenters. The van der Waals surface area contributed by atoms with Gasteiger partial charge in [0.05, 0.1) is 6.61 Å². The van der Waals surface area contributed by atoms with Crippen molar-refractivity contribution in [2.45, 2.75) is 46.1 Å². The van der Waals surface area contributed by atoms with Crippen LogP contribution in [0.5, 0.6) is 5.75 Å². The number of rotatable bonds is 6. The standard InChI is InChI=1S/C15H25NO/c1-5-11-17-14-10-8-7-9-13(14)15(4,16)12(3)6-2/h7-10,12H,5-6,11,16H2,1-4H3. The van der Waals surface area contributed by atoms with E-state index in [0.29, 0.717) is 5.92 Å². The molecule has 0 amide bonds. The Labute approximate surface area is 105 Å². The molecule has 2 heteroatoms. The number of para-hydroxylation sites is 1. The van der Waals surface area contributed by atoms with Crippen LogP contribution in [0.2, 0.25) is 0 Å². The lowest BCUT2D eigenvalue weighted by atomic mass is 9.80. The molecule has 0 bridgehead atoms. The highest BCUT2D eigenvalue weighted by atomic mass is 16.5. The van der Waals surface area contributed by atoms with E-state index in [0.717, 1.165) is 30.8 Å². The van der Waals surface area contributed by atoms with Gasteiger partial charge < -0.3 is 10.5 Å². The summed E-state index contributed by atoms with van der Waals surface area (Å²) in [6.45, 7) is 9.31. The highest BCUT2D eigenvalue weighted by molar-refractivity contribution is 5.39. The van der Waals surface area contributed by atoms with Crippen molar-refractivity contribution in [2.75, 3.05) is 6.61 Å². The molecular weight excluding hydrogens is 210 g/mol. The normalized spacial score (nSPS) is 16.3. The maximum atomic E-state index is 6.48. The van der Waals surface area contributed by atoms with Crippen molar-refractivity contribution in [3.05, 3.63) is 29.8 Å². The van der Waals surface area contributed by atoms with Gasteiger partial charge in [0, 0.05) is 11.1 Å². The third-order valence-corrected chi connectivity index (χ3v) is 3.57. The zero-order chi connectivity index (χ0) is 12.9. The Morgan fingerprint density at radius 2 is 1.94 bits per heavy atom. The molecule has 0 aliphatic rings. The summed E-state index contributed by atoms with van der Waals surface area (Å²) < 4.78 is 5.79. The molecule has 0 saturated heterocycles. The van der Waals surface area contributed by atoms with Gasteiger partial charge in [-0.05, 0) is 25.3 Å². The second-order valence-electron chi connectivity index (χ2n) is 4.94. The van der Waals surface area contributed by atoms with Gasteiger partial charge in [0.1, 0.15) is 5.75 Å². The number of ether oxygens (including phenoxy) is 1. The molecule has 2 nitrogen and oxygen atoms in total. The van der Waals surface area contributed by atoms with Gasteiger partial charge in [0.25, 0.3) is 0 Å². The van der Waals surface area contributed by atoms with E-state index in [4.69, 9.17) is 10.5 Å². The predicted octanol–water partition coefficient (Wildman–Crippen LogP) is 3.70. The van der Waals surface area contributed by atoms with Crippen molar-refractivity contribution in [3.63, 3.8) is 0 Å². The van der Waals surface area contributed by atoms with Crippen LogP contribution in [-0.2, 0) is 5.54 Å². The average molecular weight is 235 g/mol. The molecule has 0 spiro atoms. The second kappa shape index (κ2) is 6.06.